The number of ether oxygens (including phenoxy) is 2. The molecule has 0 fully saturated rings. The quantitative estimate of drug-likeness (QED) is 0.774. The van der Waals surface area contributed by atoms with E-state index in [0.29, 0.717) is 6.61 Å². The molecule has 0 aromatic heterocycles. The zero-order valence-electron chi connectivity index (χ0n) is 9.90. The van der Waals surface area contributed by atoms with Crippen LogP contribution in [0, 0.1) is 6.07 Å². The van der Waals surface area contributed by atoms with Crippen LogP contribution in [0.3, 0.4) is 0 Å². The Morgan fingerprint density at radius 1 is 1.38 bits per heavy atom. The summed E-state index contributed by atoms with van der Waals surface area (Å²) in [4.78, 5) is 2.34. The average molecular weight is 220 g/mol. The normalized spacial score (nSPS) is 18.8. The lowest BCUT2D eigenvalue weighted by molar-refractivity contribution is 0.0615. The van der Waals surface area contributed by atoms with E-state index in [-0.39, 0.29) is 6.10 Å². The summed E-state index contributed by atoms with van der Waals surface area (Å²) in [6.45, 7) is 7.97. The molecule has 0 N–H and O–H groups in total. The molecule has 3 heteroatoms. The summed E-state index contributed by atoms with van der Waals surface area (Å²) < 4.78 is 11.5. The Morgan fingerprint density at radius 2 is 2.19 bits per heavy atom. The van der Waals surface area contributed by atoms with Gasteiger partial charge >= 0.3 is 0 Å². The maximum atomic E-state index is 5.87. The van der Waals surface area contributed by atoms with Gasteiger partial charge in [0.25, 0.3) is 0 Å². The first-order valence-electron chi connectivity index (χ1n) is 5.85. The molecule has 87 valence electrons. The monoisotopic (exact) mass is 220 g/mol. The van der Waals surface area contributed by atoms with Crippen molar-refractivity contribution in [3.05, 3.63) is 24.3 Å². The number of nitrogens with zero attached hydrogens (tertiary/aromatic N) is 1. The van der Waals surface area contributed by atoms with Crippen LogP contribution in [-0.2, 0) is 0 Å². The number of fused-ring (bicyclic) bond motifs is 1. The number of likely N-dealkylation sites (N-methyl/N-ethyl adjacent to an activating group) is 1. The highest BCUT2D eigenvalue weighted by Crippen LogP contribution is 2.30. The molecular weight excluding hydrogens is 202 g/mol. The third-order valence-electron chi connectivity index (χ3n) is 2.86. The molecule has 0 aliphatic carbocycles. The van der Waals surface area contributed by atoms with Gasteiger partial charge in [-0.1, -0.05) is 19.9 Å². The Labute approximate surface area is 97.0 Å². The Balaban J connectivity index is 1.97. The van der Waals surface area contributed by atoms with E-state index in [0.717, 1.165) is 31.1 Å². The van der Waals surface area contributed by atoms with Crippen LogP contribution in [0.4, 0.5) is 0 Å². The minimum absolute atomic E-state index is 0.128. The van der Waals surface area contributed by atoms with Crippen molar-refractivity contribution >= 4 is 0 Å². The van der Waals surface area contributed by atoms with Crippen molar-refractivity contribution in [1.29, 1.82) is 0 Å². The van der Waals surface area contributed by atoms with Gasteiger partial charge in [-0.2, -0.15) is 0 Å². The second-order valence-corrected chi connectivity index (χ2v) is 3.91. The van der Waals surface area contributed by atoms with E-state index in [2.05, 4.69) is 24.8 Å². The standard InChI is InChI=1S/C13H18NO2/c1-3-14(4-2)9-11-10-15-12-7-5-6-8-13(12)16-11/h5,7-8,11H,3-4,9-10H2,1-2H3. The molecule has 1 aromatic rings. The van der Waals surface area contributed by atoms with E-state index in [1.165, 1.54) is 0 Å². The predicted octanol–water partition coefficient (Wildman–Crippen LogP) is 1.97. The van der Waals surface area contributed by atoms with Gasteiger partial charge in [-0.05, 0) is 31.3 Å². The van der Waals surface area contributed by atoms with Crippen molar-refractivity contribution in [2.45, 2.75) is 20.0 Å². The van der Waals surface area contributed by atoms with E-state index < -0.39 is 0 Å². The lowest BCUT2D eigenvalue weighted by atomic mass is 10.2. The molecular formula is C13H18NO2. The van der Waals surface area contributed by atoms with Crippen LogP contribution in [-0.4, -0.2) is 37.2 Å². The highest BCUT2D eigenvalue weighted by Gasteiger charge is 2.21. The van der Waals surface area contributed by atoms with Crippen LogP contribution in [0.5, 0.6) is 11.5 Å². The van der Waals surface area contributed by atoms with Gasteiger partial charge in [-0.25, -0.2) is 0 Å². The first kappa shape index (κ1) is 11.3. The Hall–Kier alpha value is -1.22. The molecule has 16 heavy (non-hydrogen) atoms. The molecule has 1 atom stereocenters. The van der Waals surface area contributed by atoms with E-state index in [9.17, 15) is 0 Å². The summed E-state index contributed by atoms with van der Waals surface area (Å²) in [5.74, 6) is 1.64. The van der Waals surface area contributed by atoms with Crippen molar-refractivity contribution in [3.63, 3.8) is 0 Å². The summed E-state index contributed by atoms with van der Waals surface area (Å²) in [7, 11) is 0. The van der Waals surface area contributed by atoms with Crippen LogP contribution in [0.1, 0.15) is 13.8 Å². The van der Waals surface area contributed by atoms with Gasteiger partial charge in [0.2, 0.25) is 0 Å². The first-order valence-corrected chi connectivity index (χ1v) is 5.85. The minimum Gasteiger partial charge on any atom is -0.486 e. The van der Waals surface area contributed by atoms with Crippen molar-refractivity contribution in [2.24, 2.45) is 0 Å². The van der Waals surface area contributed by atoms with Crippen LogP contribution in [0.15, 0.2) is 18.2 Å². The number of hydrogen-bond donors (Lipinski definition) is 0. The highest BCUT2D eigenvalue weighted by molar-refractivity contribution is 5.40. The van der Waals surface area contributed by atoms with Crippen molar-refractivity contribution in [3.8, 4) is 11.5 Å². The van der Waals surface area contributed by atoms with Crippen LogP contribution >= 0.6 is 0 Å². The molecule has 0 bridgehead atoms. The van der Waals surface area contributed by atoms with Gasteiger partial charge in [0.15, 0.2) is 11.5 Å². The van der Waals surface area contributed by atoms with E-state index in [1.54, 1.807) is 0 Å². The van der Waals surface area contributed by atoms with E-state index >= 15 is 0 Å². The smallest absolute Gasteiger partial charge is 0.162 e. The average Bonchev–Trinajstić information content (AvgIpc) is 2.35. The Bertz CT molecular complexity index is 336. The predicted molar refractivity (Wildman–Crippen MR) is 63.0 cm³/mol. The van der Waals surface area contributed by atoms with Gasteiger partial charge in [0, 0.05) is 6.54 Å². The van der Waals surface area contributed by atoms with Gasteiger partial charge in [0.1, 0.15) is 12.7 Å². The maximum absolute atomic E-state index is 5.87. The molecule has 3 nitrogen and oxygen atoms in total. The maximum Gasteiger partial charge on any atom is 0.162 e. The molecule has 0 saturated heterocycles. The summed E-state index contributed by atoms with van der Waals surface area (Å²) in [5, 5.41) is 0. The molecule has 0 spiro atoms. The fourth-order valence-corrected chi connectivity index (χ4v) is 1.87. The molecule has 1 unspecified atom stereocenters. The number of benzene rings is 1. The molecule has 1 aliphatic rings. The van der Waals surface area contributed by atoms with Crippen LogP contribution in [0.25, 0.3) is 0 Å². The highest BCUT2D eigenvalue weighted by atomic mass is 16.6. The summed E-state index contributed by atoms with van der Waals surface area (Å²) in [6, 6.07) is 8.57. The van der Waals surface area contributed by atoms with Crippen molar-refractivity contribution in [2.75, 3.05) is 26.2 Å². The SMILES string of the molecule is CCN(CC)CC1COc2cc[c]cc2O1. The zero-order valence-corrected chi connectivity index (χ0v) is 9.90. The molecule has 1 aromatic carbocycles. The van der Waals surface area contributed by atoms with E-state index in [1.807, 2.05) is 18.2 Å². The molecule has 0 saturated carbocycles. The van der Waals surface area contributed by atoms with Crippen LogP contribution < -0.4 is 9.47 Å². The number of rotatable bonds is 4. The van der Waals surface area contributed by atoms with E-state index in [4.69, 9.17) is 9.47 Å². The second-order valence-electron chi connectivity index (χ2n) is 3.91. The zero-order chi connectivity index (χ0) is 11.4. The van der Waals surface area contributed by atoms with Gasteiger partial charge in [-0.3, -0.25) is 0 Å². The largest absolute Gasteiger partial charge is 0.486 e. The fourth-order valence-electron chi connectivity index (χ4n) is 1.87. The third-order valence-corrected chi connectivity index (χ3v) is 2.86. The van der Waals surface area contributed by atoms with Crippen LogP contribution in [0.2, 0.25) is 0 Å². The summed E-state index contributed by atoms with van der Waals surface area (Å²) >= 11 is 0. The molecule has 0 amide bonds. The van der Waals surface area contributed by atoms with Crippen molar-refractivity contribution < 1.29 is 9.47 Å². The fraction of sp³-hybridized carbons (Fsp3) is 0.538. The lowest BCUT2D eigenvalue weighted by Crippen LogP contribution is -2.40. The van der Waals surface area contributed by atoms with Gasteiger partial charge in [0.05, 0.1) is 0 Å². The topological polar surface area (TPSA) is 21.7 Å². The van der Waals surface area contributed by atoms with Crippen molar-refractivity contribution in [1.82, 2.24) is 4.90 Å². The molecule has 1 radical (unpaired) electrons. The summed E-state index contributed by atoms with van der Waals surface area (Å²) in [6.07, 6.45) is 0.128. The summed E-state index contributed by atoms with van der Waals surface area (Å²) in [5.41, 5.74) is 0. The number of hydrogen-bond acceptors (Lipinski definition) is 3. The van der Waals surface area contributed by atoms with Gasteiger partial charge < -0.3 is 14.4 Å². The third kappa shape index (κ3) is 2.47. The Morgan fingerprint density at radius 3 is 2.94 bits per heavy atom. The molecule has 1 heterocycles. The minimum atomic E-state index is 0.128. The Kier molecular flexibility index (Phi) is 3.67. The molecule has 2 rings (SSSR count). The van der Waals surface area contributed by atoms with Gasteiger partial charge in [-0.15, -0.1) is 0 Å². The second kappa shape index (κ2) is 5.21. The lowest BCUT2D eigenvalue weighted by Gasteiger charge is -2.30. The molecule has 1 aliphatic heterocycles. The first-order chi connectivity index (χ1) is 7.83.